The van der Waals surface area contributed by atoms with Gasteiger partial charge in [-0.1, -0.05) is 37.6 Å². The molecule has 0 saturated carbocycles. The van der Waals surface area contributed by atoms with Crippen LogP contribution in [0.2, 0.25) is 5.02 Å². The van der Waals surface area contributed by atoms with E-state index >= 15 is 0 Å². The Morgan fingerprint density at radius 1 is 1.26 bits per heavy atom. The van der Waals surface area contributed by atoms with Crippen molar-refractivity contribution < 1.29 is 14.6 Å². The highest BCUT2D eigenvalue weighted by Crippen LogP contribution is 2.31. The molecule has 0 aromatic heterocycles. The lowest BCUT2D eigenvalue weighted by atomic mass is 9.95. The zero-order valence-corrected chi connectivity index (χ0v) is 17.4. The first-order valence-electron chi connectivity index (χ1n) is 9.20. The summed E-state index contributed by atoms with van der Waals surface area (Å²) in [7, 11) is 1.75. The molecule has 0 radical (unpaired) electrons. The van der Waals surface area contributed by atoms with E-state index in [4.69, 9.17) is 16.3 Å². The summed E-state index contributed by atoms with van der Waals surface area (Å²) in [5.74, 6) is 1.09. The van der Waals surface area contributed by atoms with Crippen LogP contribution in [0.15, 0.2) is 30.3 Å². The molecule has 2 aromatic rings. The summed E-state index contributed by atoms with van der Waals surface area (Å²) in [6.45, 7) is 8.65. The first-order chi connectivity index (χ1) is 12.7. The number of amides is 1. The molecule has 1 amide bonds. The molecule has 0 heterocycles. The third-order valence-corrected chi connectivity index (χ3v) is 5.09. The van der Waals surface area contributed by atoms with Gasteiger partial charge in [0.05, 0.1) is 0 Å². The van der Waals surface area contributed by atoms with E-state index in [9.17, 15) is 9.90 Å². The van der Waals surface area contributed by atoms with Gasteiger partial charge in [0.1, 0.15) is 11.5 Å². The topological polar surface area (TPSA) is 49.8 Å². The second-order valence-electron chi connectivity index (χ2n) is 7.12. The van der Waals surface area contributed by atoms with Crippen molar-refractivity contribution in [3.05, 3.63) is 57.6 Å². The van der Waals surface area contributed by atoms with E-state index in [0.29, 0.717) is 29.5 Å². The summed E-state index contributed by atoms with van der Waals surface area (Å²) >= 11 is 6.50. The fourth-order valence-electron chi connectivity index (χ4n) is 2.86. The van der Waals surface area contributed by atoms with Gasteiger partial charge in [0, 0.05) is 18.6 Å². The highest BCUT2D eigenvalue weighted by molar-refractivity contribution is 6.31. The van der Waals surface area contributed by atoms with Gasteiger partial charge in [0.25, 0.3) is 5.91 Å². The van der Waals surface area contributed by atoms with Gasteiger partial charge in [-0.2, -0.15) is 0 Å². The predicted octanol–water partition coefficient (Wildman–Crippen LogP) is 4.93. The van der Waals surface area contributed by atoms with Crippen LogP contribution in [0.3, 0.4) is 0 Å². The molecule has 0 aliphatic rings. The Kier molecular flexibility index (Phi) is 7.14. The zero-order chi connectivity index (χ0) is 20.1. The van der Waals surface area contributed by atoms with Crippen molar-refractivity contribution in [1.82, 2.24) is 4.90 Å². The van der Waals surface area contributed by atoms with Crippen LogP contribution in [0.25, 0.3) is 0 Å². The monoisotopic (exact) mass is 389 g/mol. The van der Waals surface area contributed by atoms with Crippen LogP contribution in [0, 0.1) is 6.92 Å². The van der Waals surface area contributed by atoms with Gasteiger partial charge in [-0.3, -0.25) is 4.79 Å². The third-order valence-electron chi connectivity index (χ3n) is 4.75. The standard InChI is InChI=1S/C22H28ClNO3/c1-6-24(5)22(26)13-27-17-9-15(4)19(20(23)12-17)11-16-7-8-21(25)18(10-16)14(2)3/h7-10,12,14,25H,6,11,13H2,1-5H3. The summed E-state index contributed by atoms with van der Waals surface area (Å²) in [6.07, 6.45) is 0.669. The highest BCUT2D eigenvalue weighted by Gasteiger charge is 2.13. The molecule has 27 heavy (non-hydrogen) atoms. The summed E-state index contributed by atoms with van der Waals surface area (Å²) in [5.41, 5.74) is 4.05. The molecule has 146 valence electrons. The number of aryl methyl sites for hydroxylation is 1. The van der Waals surface area contributed by atoms with E-state index in [1.807, 2.05) is 32.0 Å². The van der Waals surface area contributed by atoms with Gasteiger partial charge in [-0.25, -0.2) is 0 Å². The molecule has 0 aliphatic carbocycles. The summed E-state index contributed by atoms with van der Waals surface area (Å²) in [5, 5.41) is 10.6. The lowest BCUT2D eigenvalue weighted by Gasteiger charge is -2.16. The Balaban J connectivity index is 2.18. The number of hydrogen-bond acceptors (Lipinski definition) is 3. The smallest absolute Gasteiger partial charge is 0.260 e. The fraction of sp³-hybridized carbons (Fsp3) is 0.409. The fourth-order valence-corrected chi connectivity index (χ4v) is 3.19. The number of halogens is 1. The van der Waals surface area contributed by atoms with Crippen LogP contribution >= 0.6 is 11.6 Å². The Bertz CT molecular complexity index is 794. The molecule has 5 heteroatoms. The van der Waals surface area contributed by atoms with Crippen molar-refractivity contribution in [2.75, 3.05) is 20.2 Å². The number of hydrogen-bond donors (Lipinski definition) is 1. The number of ether oxygens (including phenoxy) is 1. The number of phenolic OH excluding ortho intramolecular Hbond substituents is 1. The highest BCUT2D eigenvalue weighted by atomic mass is 35.5. The van der Waals surface area contributed by atoms with Crippen molar-refractivity contribution in [1.29, 1.82) is 0 Å². The van der Waals surface area contributed by atoms with Crippen molar-refractivity contribution in [2.45, 2.75) is 40.0 Å². The molecule has 0 unspecified atom stereocenters. The molecular weight excluding hydrogens is 362 g/mol. The maximum atomic E-state index is 11.9. The lowest BCUT2D eigenvalue weighted by Crippen LogP contribution is -2.31. The summed E-state index contributed by atoms with van der Waals surface area (Å²) < 4.78 is 5.62. The quantitative estimate of drug-likeness (QED) is 0.730. The maximum Gasteiger partial charge on any atom is 0.260 e. The number of likely N-dealkylation sites (N-methyl/N-ethyl adjacent to an activating group) is 1. The minimum Gasteiger partial charge on any atom is -0.508 e. The molecule has 4 nitrogen and oxygen atoms in total. The predicted molar refractivity (Wildman–Crippen MR) is 110 cm³/mol. The molecule has 0 aliphatic heterocycles. The first-order valence-corrected chi connectivity index (χ1v) is 9.58. The second kappa shape index (κ2) is 9.14. The van der Waals surface area contributed by atoms with Crippen molar-refractivity contribution in [2.24, 2.45) is 0 Å². The largest absolute Gasteiger partial charge is 0.508 e. The number of carbonyl (C=O) groups is 1. The molecule has 0 saturated heterocycles. The molecule has 2 rings (SSSR count). The third kappa shape index (κ3) is 5.39. The first kappa shape index (κ1) is 21.1. The van der Waals surface area contributed by atoms with Crippen LogP contribution in [-0.4, -0.2) is 36.1 Å². The van der Waals surface area contributed by atoms with E-state index in [1.165, 1.54) is 0 Å². The van der Waals surface area contributed by atoms with E-state index in [0.717, 1.165) is 22.3 Å². The number of carbonyl (C=O) groups excluding carboxylic acids is 1. The number of rotatable bonds is 7. The summed E-state index contributed by atoms with van der Waals surface area (Å²) in [4.78, 5) is 13.5. The minimum atomic E-state index is -0.0688. The van der Waals surface area contributed by atoms with Crippen molar-refractivity contribution in [3.63, 3.8) is 0 Å². The van der Waals surface area contributed by atoms with Crippen LogP contribution in [-0.2, 0) is 11.2 Å². The lowest BCUT2D eigenvalue weighted by molar-refractivity contribution is -0.131. The van der Waals surface area contributed by atoms with Crippen molar-refractivity contribution in [3.8, 4) is 11.5 Å². The van der Waals surface area contributed by atoms with Crippen LogP contribution in [0.5, 0.6) is 11.5 Å². The molecule has 1 N–H and O–H groups in total. The molecule has 0 fully saturated rings. The van der Waals surface area contributed by atoms with E-state index in [1.54, 1.807) is 24.1 Å². The Morgan fingerprint density at radius 3 is 2.56 bits per heavy atom. The molecule has 0 spiro atoms. The Hall–Kier alpha value is -2.20. The van der Waals surface area contributed by atoms with Gasteiger partial charge in [0.2, 0.25) is 0 Å². The van der Waals surface area contributed by atoms with Crippen molar-refractivity contribution >= 4 is 17.5 Å². The van der Waals surface area contributed by atoms with E-state index < -0.39 is 0 Å². The molecule has 2 aromatic carbocycles. The number of phenols is 1. The van der Waals surface area contributed by atoms with Crippen LogP contribution in [0.1, 0.15) is 48.9 Å². The second-order valence-corrected chi connectivity index (χ2v) is 7.53. The molecule has 0 bridgehead atoms. The average molecular weight is 390 g/mol. The Morgan fingerprint density at radius 2 is 1.96 bits per heavy atom. The summed E-state index contributed by atoms with van der Waals surface area (Å²) in [6, 6.07) is 9.35. The van der Waals surface area contributed by atoms with Gasteiger partial charge in [-0.05, 0) is 66.6 Å². The van der Waals surface area contributed by atoms with Crippen LogP contribution in [0.4, 0.5) is 0 Å². The molecule has 0 atom stereocenters. The van der Waals surface area contributed by atoms with Gasteiger partial charge < -0.3 is 14.7 Å². The number of aromatic hydroxyl groups is 1. The van der Waals surface area contributed by atoms with Crippen LogP contribution < -0.4 is 4.74 Å². The maximum absolute atomic E-state index is 11.9. The van der Waals surface area contributed by atoms with Gasteiger partial charge >= 0.3 is 0 Å². The number of nitrogens with zero attached hydrogens (tertiary/aromatic N) is 1. The van der Waals surface area contributed by atoms with Gasteiger partial charge in [-0.15, -0.1) is 0 Å². The minimum absolute atomic E-state index is 0.00480. The average Bonchev–Trinajstić information content (AvgIpc) is 2.62. The zero-order valence-electron chi connectivity index (χ0n) is 16.7. The number of benzene rings is 2. The normalized spacial score (nSPS) is 10.9. The van der Waals surface area contributed by atoms with E-state index in [-0.39, 0.29) is 18.4 Å². The SMILES string of the molecule is CCN(C)C(=O)COc1cc(C)c(Cc2ccc(O)c(C(C)C)c2)c(Cl)c1. The Labute approximate surface area is 166 Å². The van der Waals surface area contributed by atoms with E-state index in [2.05, 4.69) is 13.8 Å². The van der Waals surface area contributed by atoms with Gasteiger partial charge in [0.15, 0.2) is 6.61 Å². The molecular formula is C22H28ClNO3.